The molecule has 0 aliphatic carbocycles. The number of rotatable bonds is 6. The van der Waals surface area contributed by atoms with Crippen molar-refractivity contribution in [1.29, 1.82) is 0 Å². The molecule has 0 aliphatic heterocycles. The van der Waals surface area contributed by atoms with E-state index in [0.717, 1.165) is 18.4 Å². The monoisotopic (exact) mass is 210 g/mol. The smallest absolute Gasteiger partial charge is 0.305 e. The minimum atomic E-state index is -0.136. The first-order valence-corrected chi connectivity index (χ1v) is 5.57. The predicted octanol–water partition coefficient (Wildman–Crippen LogP) is 3.63. The Bertz CT molecular complexity index is 249. The van der Waals surface area contributed by atoms with E-state index in [0.29, 0.717) is 13.0 Å². The Morgan fingerprint density at radius 3 is 2.33 bits per heavy atom. The molecule has 0 aromatic rings. The molecule has 0 saturated heterocycles. The zero-order chi connectivity index (χ0) is 11.7. The van der Waals surface area contributed by atoms with Gasteiger partial charge in [0.25, 0.3) is 0 Å². The third kappa shape index (κ3) is 7.98. The van der Waals surface area contributed by atoms with E-state index in [9.17, 15) is 4.79 Å². The SMILES string of the molecule is CC/C=C(\C)C/C=C(\C)COC(=O)CC. The molecule has 0 fully saturated rings. The molecule has 0 aliphatic rings. The molecule has 0 saturated carbocycles. The van der Waals surface area contributed by atoms with Crippen molar-refractivity contribution in [1.82, 2.24) is 0 Å². The van der Waals surface area contributed by atoms with Gasteiger partial charge in [0.2, 0.25) is 0 Å². The molecule has 0 radical (unpaired) electrons. The van der Waals surface area contributed by atoms with Gasteiger partial charge in [0.15, 0.2) is 0 Å². The molecule has 0 aromatic carbocycles. The van der Waals surface area contributed by atoms with E-state index in [4.69, 9.17) is 4.74 Å². The van der Waals surface area contributed by atoms with E-state index in [1.807, 2.05) is 6.92 Å². The van der Waals surface area contributed by atoms with Crippen LogP contribution >= 0.6 is 0 Å². The zero-order valence-corrected chi connectivity index (χ0v) is 10.3. The summed E-state index contributed by atoms with van der Waals surface area (Å²) in [5.74, 6) is -0.136. The van der Waals surface area contributed by atoms with Crippen molar-refractivity contribution in [3.63, 3.8) is 0 Å². The molecule has 2 nitrogen and oxygen atoms in total. The maximum Gasteiger partial charge on any atom is 0.305 e. The first-order chi connectivity index (χ1) is 7.10. The van der Waals surface area contributed by atoms with Gasteiger partial charge in [-0.1, -0.05) is 31.6 Å². The summed E-state index contributed by atoms with van der Waals surface area (Å²) in [6.07, 6.45) is 6.79. The van der Waals surface area contributed by atoms with Crippen molar-refractivity contribution in [2.75, 3.05) is 6.61 Å². The van der Waals surface area contributed by atoms with Crippen molar-refractivity contribution in [2.45, 2.75) is 47.0 Å². The summed E-state index contributed by atoms with van der Waals surface area (Å²) in [7, 11) is 0. The van der Waals surface area contributed by atoms with Crippen LogP contribution in [0.3, 0.4) is 0 Å². The summed E-state index contributed by atoms with van der Waals surface area (Å²) in [6.45, 7) is 8.46. The predicted molar refractivity (Wildman–Crippen MR) is 63.7 cm³/mol. The highest BCUT2D eigenvalue weighted by atomic mass is 16.5. The molecule has 0 heterocycles. The van der Waals surface area contributed by atoms with Crippen LogP contribution in [0.25, 0.3) is 0 Å². The zero-order valence-electron chi connectivity index (χ0n) is 10.3. The van der Waals surface area contributed by atoms with E-state index in [1.165, 1.54) is 5.57 Å². The molecule has 0 N–H and O–H groups in total. The Morgan fingerprint density at radius 2 is 1.80 bits per heavy atom. The topological polar surface area (TPSA) is 26.3 Å². The van der Waals surface area contributed by atoms with Gasteiger partial charge in [-0.05, 0) is 32.3 Å². The molecule has 0 bridgehead atoms. The molecule has 2 heteroatoms. The maximum absolute atomic E-state index is 10.9. The highest BCUT2D eigenvalue weighted by Gasteiger charge is 1.98. The Hall–Kier alpha value is -1.05. The van der Waals surface area contributed by atoms with Crippen LogP contribution in [-0.4, -0.2) is 12.6 Å². The molecule has 0 atom stereocenters. The lowest BCUT2D eigenvalue weighted by Crippen LogP contribution is -2.04. The minimum Gasteiger partial charge on any atom is -0.461 e. The maximum atomic E-state index is 10.9. The van der Waals surface area contributed by atoms with E-state index < -0.39 is 0 Å². The van der Waals surface area contributed by atoms with Gasteiger partial charge in [-0.3, -0.25) is 4.79 Å². The van der Waals surface area contributed by atoms with Gasteiger partial charge in [-0.15, -0.1) is 0 Å². The summed E-state index contributed by atoms with van der Waals surface area (Å²) < 4.78 is 5.02. The number of ether oxygens (including phenoxy) is 1. The second-order valence-electron chi connectivity index (χ2n) is 3.73. The molecule has 86 valence electrons. The quantitative estimate of drug-likeness (QED) is 0.494. The standard InChI is InChI=1S/C13H22O2/c1-5-7-11(3)8-9-12(4)10-15-13(14)6-2/h7,9H,5-6,8,10H2,1-4H3/b11-7+,12-9+. The average molecular weight is 210 g/mol. The van der Waals surface area contributed by atoms with Crippen LogP contribution in [-0.2, 0) is 9.53 Å². The summed E-state index contributed by atoms with van der Waals surface area (Å²) >= 11 is 0. The van der Waals surface area contributed by atoms with E-state index >= 15 is 0 Å². The van der Waals surface area contributed by atoms with E-state index in [-0.39, 0.29) is 5.97 Å². The second kappa shape index (κ2) is 8.27. The molecule has 0 amide bonds. The Morgan fingerprint density at radius 1 is 1.13 bits per heavy atom. The average Bonchev–Trinajstić information content (AvgIpc) is 2.23. The van der Waals surface area contributed by atoms with Crippen molar-refractivity contribution in [2.24, 2.45) is 0 Å². The van der Waals surface area contributed by atoms with E-state index in [2.05, 4.69) is 26.0 Å². The van der Waals surface area contributed by atoms with Gasteiger partial charge < -0.3 is 4.74 Å². The number of carbonyl (C=O) groups is 1. The van der Waals surface area contributed by atoms with Gasteiger partial charge in [0, 0.05) is 6.42 Å². The highest BCUT2D eigenvalue weighted by molar-refractivity contribution is 5.69. The number of hydrogen-bond donors (Lipinski definition) is 0. The van der Waals surface area contributed by atoms with Crippen LogP contribution in [0.2, 0.25) is 0 Å². The molecular formula is C13H22O2. The van der Waals surface area contributed by atoms with Crippen molar-refractivity contribution < 1.29 is 9.53 Å². The Kier molecular flexibility index (Phi) is 7.69. The fraction of sp³-hybridized carbons (Fsp3) is 0.615. The summed E-state index contributed by atoms with van der Waals surface area (Å²) in [5.41, 5.74) is 2.47. The summed E-state index contributed by atoms with van der Waals surface area (Å²) in [6, 6.07) is 0. The van der Waals surface area contributed by atoms with Gasteiger partial charge >= 0.3 is 5.97 Å². The first-order valence-electron chi connectivity index (χ1n) is 5.57. The molecule has 0 unspecified atom stereocenters. The number of esters is 1. The lowest BCUT2D eigenvalue weighted by molar-refractivity contribution is -0.142. The van der Waals surface area contributed by atoms with Crippen LogP contribution in [0.5, 0.6) is 0 Å². The third-order valence-electron chi connectivity index (χ3n) is 2.07. The first kappa shape index (κ1) is 13.9. The Balaban J connectivity index is 3.89. The van der Waals surface area contributed by atoms with Gasteiger partial charge in [0.05, 0.1) is 0 Å². The molecular weight excluding hydrogens is 188 g/mol. The Labute approximate surface area is 93.0 Å². The van der Waals surface area contributed by atoms with Gasteiger partial charge in [-0.2, -0.15) is 0 Å². The second-order valence-corrected chi connectivity index (χ2v) is 3.73. The lowest BCUT2D eigenvalue weighted by Gasteiger charge is -2.03. The molecule has 0 aromatic heterocycles. The van der Waals surface area contributed by atoms with E-state index in [1.54, 1.807) is 6.92 Å². The number of carbonyl (C=O) groups excluding carboxylic acids is 1. The van der Waals surface area contributed by atoms with Crippen LogP contribution in [0.1, 0.15) is 47.0 Å². The summed E-state index contributed by atoms with van der Waals surface area (Å²) in [4.78, 5) is 10.9. The minimum absolute atomic E-state index is 0.136. The van der Waals surface area contributed by atoms with Crippen molar-refractivity contribution in [3.05, 3.63) is 23.3 Å². The van der Waals surface area contributed by atoms with Crippen LogP contribution in [0, 0.1) is 0 Å². The van der Waals surface area contributed by atoms with Crippen molar-refractivity contribution >= 4 is 5.97 Å². The lowest BCUT2D eigenvalue weighted by atomic mass is 10.1. The molecule has 0 spiro atoms. The molecule has 0 rings (SSSR count). The third-order valence-corrected chi connectivity index (χ3v) is 2.07. The van der Waals surface area contributed by atoms with Crippen LogP contribution in [0.4, 0.5) is 0 Å². The van der Waals surface area contributed by atoms with Gasteiger partial charge in [-0.25, -0.2) is 0 Å². The highest BCUT2D eigenvalue weighted by Crippen LogP contribution is 2.06. The van der Waals surface area contributed by atoms with Gasteiger partial charge in [0.1, 0.15) is 6.61 Å². The van der Waals surface area contributed by atoms with Crippen LogP contribution < -0.4 is 0 Å². The number of allylic oxidation sites excluding steroid dienone is 3. The van der Waals surface area contributed by atoms with Crippen LogP contribution in [0.15, 0.2) is 23.3 Å². The normalized spacial score (nSPS) is 12.8. The largest absolute Gasteiger partial charge is 0.461 e. The number of hydrogen-bond acceptors (Lipinski definition) is 2. The fourth-order valence-corrected chi connectivity index (χ4v) is 1.12. The van der Waals surface area contributed by atoms with Crippen molar-refractivity contribution in [3.8, 4) is 0 Å². The molecule has 15 heavy (non-hydrogen) atoms. The summed E-state index contributed by atoms with van der Waals surface area (Å²) in [5, 5.41) is 0. The fourth-order valence-electron chi connectivity index (χ4n) is 1.12.